The van der Waals surface area contributed by atoms with Crippen LogP contribution in [0, 0.1) is 17.8 Å². The number of nitrogens with one attached hydrogen (secondary N) is 3. The highest BCUT2D eigenvalue weighted by Crippen LogP contribution is 2.48. The molecule has 6 unspecified atom stereocenters. The van der Waals surface area contributed by atoms with Crippen molar-refractivity contribution in [1.29, 1.82) is 0 Å². The molecule has 0 radical (unpaired) electrons. The number of carbonyl (C=O) groups excluding carboxylic acids is 3. The summed E-state index contributed by atoms with van der Waals surface area (Å²) in [7, 11) is 2.99. The van der Waals surface area contributed by atoms with Crippen molar-refractivity contribution in [2.45, 2.75) is 96.6 Å². The Morgan fingerprint density at radius 2 is 1.54 bits per heavy atom. The van der Waals surface area contributed by atoms with Gasteiger partial charge in [0.05, 0.1) is 66.8 Å². The van der Waals surface area contributed by atoms with Crippen LogP contribution in [0.1, 0.15) is 96.2 Å². The van der Waals surface area contributed by atoms with Gasteiger partial charge in [0.1, 0.15) is 29.2 Å². The number of amides is 3. The monoisotopic (exact) mass is 913 g/mol. The Morgan fingerprint density at radius 3 is 2.19 bits per heavy atom. The molecule has 3 aromatic heterocycles. The Morgan fingerprint density at radius 1 is 0.866 bits per heavy atom. The van der Waals surface area contributed by atoms with Crippen LogP contribution in [0.4, 0.5) is 4.79 Å². The van der Waals surface area contributed by atoms with Gasteiger partial charge in [0.15, 0.2) is 6.23 Å². The third kappa shape index (κ3) is 9.08. The van der Waals surface area contributed by atoms with Crippen LogP contribution in [0.3, 0.4) is 0 Å². The quantitative estimate of drug-likeness (QED) is 0.0744. The van der Waals surface area contributed by atoms with Gasteiger partial charge in [-0.2, -0.15) is 0 Å². The Kier molecular flexibility index (Phi) is 13.3. The Hall–Kier alpha value is -6.39. The van der Waals surface area contributed by atoms with Crippen LogP contribution in [-0.2, 0) is 23.8 Å². The Labute approximate surface area is 391 Å². The third-order valence-electron chi connectivity index (χ3n) is 13.7. The SMILES string of the molecule is COCCCOC1=CC(C2Oc3cc(-c4cnc(C5CCCN5C(=O)C(N)C(C)C)[nH]4)ccc3-c3cc4cc(-c5cnc(C6CCCN6C(=O)C(NC(=O)OC)C(C)C)[nH]5)ccc4n32)CC=C1. The highest BCUT2D eigenvalue weighted by atomic mass is 16.5. The molecule has 67 heavy (non-hydrogen) atoms. The molecule has 354 valence electrons. The molecule has 2 saturated heterocycles. The number of rotatable bonds is 15. The predicted octanol–water partition coefficient (Wildman–Crippen LogP) is 8.18. The number of ether oxygens (including phenoxy) is 4. The van der Waals surface area contributed by atoms with Gasteiger partial charge >= 0.3 is 6.09 Å². The first-order chi connectivity index (χ1) is 32.4. The summed E-state index contributed by atoms with van der Waals surface area (Å²) in [6.45, 7) is 10.2. The number of nitrogens with zero attached hydrogens (tertiary/aromatic N) is 5. The molecule has 0 bridgehead atoms. The summed E-state index contributed by atoms with van der Waals surface area (Å²) in [6, 6.07) is 13.3. The van der Waals surface area contributed by atoms with E-state index in [0.717, 1.165) is 101 Å². The summed E-state index contributed by atoms with van der Waals surface area (Å²) in [5, 5.41) is 3.77. The maximum absolute atomic E-state index is 13.8. The first-order valence-corrected chi connectivity index (χ1v) is 23.7. The molecular weight excluding hydrogens is 851 g/mol. The van der Waals surface area contributed by atoms with Crippen molar-refractivity contribution in [3.8, 4) is 39.5 Å². The minimum Gasteiger partial charge on any atom is -0.494 e. The smallest absolute Gasteiger partial charge is 0.407 e. The molecule has 6 heterocycles. The second kappa shape index (κ2) is 19.4. The van der Waals surface area contributed by atoms with E-state index in [-0.39, 0.29) is 41.7 Å². The summed E-state index contributed by atoms with van der Waals surface area (Å²) >= 11 is 0. The maximum Gasteiger partial charge on any atom is 0.407 e. The highest BCUT2D eigenvalue weighted by molar-refractivity contribution is 5.92. The molecule has 2 aromatic carbocycles. The van der Waals surface area contributed by atoms with Crippen molar-refractivity contribution in [2.24, 2.45) is 23.5 Å². The average Bonchev–Trinajstić information content (AvgIpc) is 4.20. The number of carbonyl (C=O) groups is 3. The number of methoxy groups -OCH3 is 2. The van der Waals surface area contributed by atoms with E-state index in [4.69, 9.17) is 34.6 Å². The van der Waals surface area contributed by atoms with Crippen molar-refractivity contribution >= 4 is 28.8 Å². The van der Waals surface area contributed by atoms with Gasteiger partial charge < -0.3 is 54.3 Å². The van der Waals surface area contributed by atoms with Gasteiger partial charge in [0, 0.05) is 61.2 Å². The summed E-state index contributed by atoms with van der Waals surface area (Å²) < 4.78 is 25.7. The third-order valence-corrected chi connectivity index (χ3v) is 13.7. The molecular formula is C51H63N9O7. The largest absolute Gasteiger partial charge is 0.494 e. The number of allylic oxidation sites excluding steroid dienone is 2. The van der Waals surface area contributed by atoms with Crippen molar-refractivity contribution in [1.82, 2.24) is 39.6 Å². The minimum absolute atomic E-state index is 0.0352. The van der Waals surface area contributed by atoms with Gasteiger partial charge in [-0.1, -0.05) is 45.9 Å². The molecule has 5 aromatic rings. The number of alkyl carbamates (subject to hydrolysis) is 1. The van der Waals surface area contributed by atoms with E-state index in [2.05, 4.69) is 74.5 Å². The van der Waals surface area contributed by atoms with Gasteiger partial charge in [0.2, 0.25) is 11.8 Å². The number of benzene rings is 2. The standard InChI is InChI=1S/C51H63N9O7/c1-29(2)44(52)48(61)58-19-8-13-40(58)46-54-28-38(56-46)32-15-17-36-42-25-34-23-31(37-27-53-47(55-37)41-14-9-20-59(41)49(62)45(30(3)4)57-51(63)65-6)16-18-39(34)60(42)50(67-43(36)26-32)33-11-7-12-35(24-33)66-22-10-21-64-5/h7,12,15-18,23-30,33,40-41,44-45,50H,8-11,13-14,19-22,52H2,1-6H3,(H,53,55)(H,54,56)(H,57,63). The topological polar surface area (TPSA) is 195 Å². The van der Waals surface area contributed by atoms with Crippen LogP contribution in [-0.4, -0.2) is 105 Å². The lowest BCUT2D eigenvalue weighted by atomic mass is 9.95. The van der Waals surface area contributed by atoms with Crippen LogP contribution in [0.25, 0.3) is 44.7 Å². The number of fused-ring (bicyclic) bond motifs is 5. The first kappa shape index (κ1) is 45.8. The number of likely N-dealkylation sites (tertiary alicyclic amines) is 2. The van der Waals surface area contributed by atoms with Crippen molar-refractivity contribution in [3.63, 3.8) is 0 Å². The number of aromatic amines is 2. The molecule has 3 amide bonds. The van der Waals surface area contributed by atoms with E-state index in [1.807, 2.05) is 56.0 Å². The fourth-order valence-corrected chi connectivity index (χ4v) is 10.00. The van der Waals surface area contributed by atoms with Gasteiger partial charge in [-0.15, -0.1) is 0 Å². The van der Waals surface area contributed by atoms with Gasteiger partial charge in [-0.05, 0) is 86.4 Å². The van der Waals surface area contributed by atoms with Crippen molar-refractivity contribution in [2.75, 3.05) is 40.5 Å². The molecule has 6 atom stereocenters. The molecule has 9 rings (SSSR count). The number of hydrogen-bond acceptors (Lipinski definition) is 10. The molecule has 3 aliphatic heterocycles. The van der Waals surface area contributed by atoms with E-state index in [1.54, 1.807) is 7.11 Å². The number of hydrogen-bond donors (Lipinski definition) is 4. The molecule has 5 N–H and O–H groups in total. The first-order valence-electron chi connectivity index (χ1n) is 23.7. The molecule has 4 aliphatic rings. The summed E-state index contributed by atoms with van der Waals surface area (Å²) in [5.41, 5.74) is 12.9. The van der Waals surface area contributed by atoms with Crippen molar-refractivity contribution < 1.29 is 33.3 Å². The molecule has 16 nitrogen and oxygen atoms in total. The number of nitrogens with two attached hydrogens (primary N) is 1. The number of imidazole rings is 2. The van der Waals surface area contributed by atoms with Crippen LogP contribution in [0.2, 0.25) is 0 Å². The van der Waals surface area contributed by atoms with Crippen LogP contribution in [0.15, 0.2) is 78.8 Å². The highest BCUT2D eigenvalue weighted by Gasteiger charge is 2.39. The lowest BCUT2D eigenvalue weighted by molar-refractivity contribution is -0.136. The zero-order valence-corrected chi connectivity index (χ0v) is 39.3. The van der Waals surface area contributed by atoms with E-state index < -0.39 is 24.4 Å². The zero-order chi connectivity index (χ0) is 46.9. The second-order valence-electron chi connectivity index (χ2n) is 18.8. The number of aromatic nitrogens is 5. The maximum atomic E-state index is 13.8. The molecule has 0 spiro atoms. The lowest BCUT2D eigenvalue weighted by Crippen LogP contribution is -2.51. The summed E-state index contributed by atoms with van der Waals surface area (Å²) in [4.78, 5) is 59.7. The van der Waals surface area contributed by atoms with Crippen LogP contribution >= 0.6 is 0 Å². The molecule has 2 fully saturated rings. The summed E-state index contributed by atoms with van der Waals surface area (Å²) in [6.07, 6.45) is 13.9. The Bertz CT molecular complexity index is 2680. The minimum atomic E-state index is -0.713. The van der Waals surface area contributed by atoms with E-state index in [0.29, 0.717) is 32.1 Å². The molecule has 1 aliphatic carbocycles. The summed E-state index contributed by atoms with van der Waals surface area (Å²) in [5.74, 6) is 2.73. The lowest BCUT2D eigenvalue weighted by Gasteiger charge is -2.35. The van der Waals surface area contributed by atoms with Crippen LogP contribution in [0.5, 0.6) is 5.75 Å². The van der Waals surface area contributed by atoms with E-state index in [1.165, 1.54) is 7.11 Å². The van der Waals surface area contributed by atoms with Crippen LogP contribution < -0.4 is 15.8 Å². The molecule has 0 saturated carbocycles. The normalized spacial score (nSPS) is 21.0. The fraction of sp³-hybridized carbons (Fsp3) is 0.471. The predicted molar refractivity (Wildman–Crippen MR) is 254 cm³/mol. The Balaban J connectivity index is 1.03. The number of H-pyrrole nitrogens is 2. The second-order valence-corrected chi connectivity index (χ2v) is 18.8. The van der Waals surface area contributed by atoms with Crippen molar-refractivity contribution in [3.05, 3.63) is 90.5 Å². The van der Waals surface area contributed by atoms with Gasteiger partial charge in [-0.25, -0.2) is 14.8 Å². The van der Waals surface area contributed by atoms with Gasteiger partial charge in [-0.3, -0.25) is 9.59 Å². The average molecular weight is 914 g/mol. The molecule has 16 heteroatoms. The van der Waals surface area contributed by atoms with Gasteiger partial charge in [0.25, 0.3) is 0 Å². The van der Waals surface area contributed by atoms with E-state index in [9.17, 15) is 14.4 Å². The zero-order valence-electron chi connectivity index (χ0n) is 39.3. The fourth-order valence-electron chi connectivity index (χ4n) is 10.00. The van der Waals surface area contributed by atoms with E-state index >= 15 is 0 Å².